The fraction of sp³-hybridized carbons (Fsp3) is 0.385. The van der Waals surface area contributed by atoms with Crippen molar-refractivity contribution in [3.8, 4) is 0 Å². The Hall–Kier alpha value is -1.84. The van der Waals surface area contributed by atoms with Gasteiger partial charge in [-0.25, -0.2) is 0 Å². The van der Waals surface area contributed by atoms with Crippen LogP contribution < -0.4 is 0 Å². The number of carbonyl (C=O) groups is 2. The van der Waals surface area contributed by atoms with Crippen molar-refractivity contribution in [3.63, 3.8) is 0 Å². The second-order valence-electron chi connectivity index (χ2n) is 3.52. The van der Waals surface area contributed by atoms with E-state index in [2.05, 4.69) is 0 Å². The van der Waals surface area contributed by atoms with Crippen molar-refractivity contribution in [1.82, 2.24) is 0 Å². The summed E-state index contributed by atoms with van der Waals surface area (Å²) in [7, 11) is 0. The first-order valence-corrected chi connectivity index (χ1v) is 5.51. The Kier molecular flexibility index (Phi) is 5.20. The van der Waals surface area contributed by atoms with Crippen molar-refractivity contribution in [1.29, 1.82) is 0 Å². The monoisotopic (exact) mass is 236 g/mol. The van der Waals surface area contributed by atoms with Gasteiger partial charge in [0.1, 0.15) is 6.10 Å². The third kappa shape index (κ3) is 4.68. The molecule has 1 aromatic rings. The van der Waals surface area contributed by atoms with Crippen LogP contribution in [0.1, 0.15) is 31.9 Å². The maximum atomic E-state index is 11.4. The Balaban J connectivity index is 2.74. The van der Waals surface area contributed by atoms with Crippen LogP contribution in [0.5, 0.6) is 0 Å². The van der Waals surface area contributed by atoms with Crippen LogP contribution in [0.3, 0.4) is 0 Å². The Morgan fingerprint density at radius 3 is 2.41 bits per heavy atom. The number of benzene rings is 1. The Labute approximate surface area is 101 Å². The van der Waals surface area contributed by atoms with Gasteiger partial charge >= 0.3 is 11.9 Å². The number of hydrogen-bond acceptors (Lipinski definition) is 4. The van der Waals surface area contributed by atoms with E-state index in [0.29, 0.717) is 6.61 Å². The minimum atomic E-state index is -0.576. The van der Waals surface area contributed by atoms with E-state index in [4.69, 9.17) is 9.47 Å². The molecule has 0 radical (unpaired) electrons. The van der Waals surface area contributed by atoms with Crippen LogP contribution in [-0.2, 0) is 19.1 Å². The summed E-state index contributed by atoms with van der Waals surface area (Å²) in [5.74, 6) is -0.786. The Morgan fingerprint density at radius 2 is 1.88 bits per heavy atom. The molecule has 4 nitrogen and oxygen atoms in total. The predicted molar refractivity (Wildman–Crippen MR) is 62.2 cm³/mol. The lowest BCUT2D eigenvalue weighted by molar-refractivity contribution is -0.153. The lowest BCUT2D eigenvalue weighted by Crippen LogP contribution is -2.15. The molecule has 0 heterocycles. The van der Waals surface area contributed by atoms with Crippen LogP contribution in [0, 0.1) is 0 Å². The van der Waals surface area contributed by atoms with Gasteiger partial charge in [0.2, 0.25) is 0 Å². The van der Waals surface area contributed by atoms with Gasteiger partial charge in [0, 0.05) is 6.92 Å². The van der Waals surface area contributed by atoms with Crippen LogP contribution in [0.25, 0.3) is 0 Å². The van der Waals surface area contributed by atoms with Gasteiger partial charge < -0.3 is 9.47 Å². The van der Waals surface area contributed by atoms with Crippen molar-refractivity contribution < 1.29 is 19.1 Å². The normalized spacial score (nSPS) is 11.6. The Morgan fingerprint density at radius 1 is 1.24 bits per heavy atom. The highest BCUT2D eigenvalue weighted by molar-refractivity contribution is 5.71. The number of carbonyl (C=O) groups excluding carboxylic acids is 2. The summed E-state index contributed by atoms with van der Waals surface area (Å²) in [4.78, 5) is 22.4. The quantitative estimate of drug-likeness (QED) is 0.736. The maximum Gasteiger partial charge on any atom is 0.309 e. The van der Waals surface area contributed by atoms with Gasteiger partial charge in [-0.3, -0.25) is 9.59 Å². The lowest BCUT2D eigenvalue weighted by Gasteiger charge is -2.16. The molecule has 4 heteroatoms. The molecular formula is C13H16O4. The van der Waals surface area contributed by atoms with E-state index in [1.165, 1.54) is 6.92 Å². The van der Waals surface area contributed by atoms with E-state index in [-0.39, 0.29) is 12.4 Å². The van der Waals surface area contributed by atoms with E-state index >= 15 is 0 Å². The smallest absolute Gasteiger partial charge is 0.309 e. The van der Waals surface area contributed by atoms with E-state index in [1.807, 2.05) is 30.3 Å². The average Bonchev–Trinajstić information content (AvgIpc) is 2.29. The molecule has 1 aromatic carbocycles. The second kappa shape index (κ2) is 6.68. The molecule has 0 spiro atoms. The van der Waals surface area contributed by atoms with E-state index in [9.17, 15) is 9.59 Å². The SMILES string of the molecule is CCOC(=O)C[C@@H](OC(C)=O)c1ccccc1. The van der Waals surface area contributed by atoms with Gasteiger partial charge in [-0.1, -0.05) is 30.3 Å². The fourth-order valence-corrected chi connectivity index (χ4v) is 1.47. The molecule has 17 heavy (non-hydrogen) atoms. The minimum absolute atomic E-state index is 0.0391. The van der Waals surface area contributed by atoms with Gasteiger partial charge in [0.25, 0.3) is 0 Å². The summed E-state index contributed by atoms with van der Waals surface area (Å²) >= 11 is 0. The molecule has 92 valence electrons. The minimum Gasteiger partial charge on any atom is -0.466 e. The van der Waals surface area contributed by atoms with E-state index < -0.39 is 12.1 Å². The highest BCUT2D eigenvalue weighted by Gasteiger charge is 2.19. The average molecular weight is 236 g/mol. The molecule has 0 aliphatic rings. The van der Waals surface area contributed by atoms with Crippen LogP contribution in [0.4, 0.5) is 0 Å². The van der Waals surface area contributed by atoms with Crippen molar-refractivity contribution in [2.45, 2.75) is 26.4 Å². The standard InChI is InChI=1S/C13H16O4/c1-3-16-13(15)9-12(17-10(2)14)11-7-5-4-6-8-11/h4-8,12H,3,9H2,1-2H3/t12-/m1/s1. The largest absolute Gasteiger partial charge is 0.466 e. The maximum absolute atomic E-state index is 11.4. The molecule has 0 N–H and O–H groups in total. The van der Waals surface area contributed by atoms with Crippen molar-refractivity contribution in [3.05, 3.63) is 35.9 Å². The molecule has 0 aromatic heterocycles. The zero-order chi connectivity index (χ0) is 12.7. The summed E-state index contributed by atoms with van der Waals surface area (Å²) in [6.45, 7) is 3.38. The molecular weight excluding hydrogens is 220 g/mol. The van der Waals surface area contributed by atoms with Crippen LogP contribution in [0.2, 0.25) is 0 Å². The summed E-state index contributed by atoms with van der Waals surface area (Å²) in [5.41, 5.74) is 0.788. The highest BCUT2D eigenvalue weighted by atomic mass is 16.6. The molecule has 0 aliphatic heterocycles. The molecule has 0 amide bonds. The fourth-order valence-electron chi connectivity index (χ4n) is 1.47. The topological polar surface area (TPSA) is 52.6 Å². The molecule has 0 aliphatic carbocycles. The predicted octanol–water partition coefficient (Wildman–Crippen LogP) is 2.24. The number of hydrogen-bond donors (Lipinski definition) is 0. The van der Waals surface area contributed by atoms with Gasteiger partial charge in [0.15, 0.2) is 0 Å². The van der Waals surface area contributed by atoms with Crippen LogP contribution >= 0.6 is 0 Å². The number of esters is 2. The zero-order valence-electron chi connectivity index (χ0n) is 10.0. The van der Waals surface area contributed by atoms with Crippen LogP contribution in [0.15, 0.2) is 30.3 Å². The third-order valence-electron chi connectivity index (χ3n) is 2.14. The molecule has 0 saturated carbocycles. The first kappa shape index (κ1) is 13.2. The van der Waals surface area contributed by atoms with Crippen molar-refractivity contribution in [2.24, 2.45) is 0 Å². The molecule has 1 rings (SSSR count). The van der Waals surface area contributed by atoms with E-state index in [0.717, 1.165) is 5.56 Å². The van der Waals surface area contributed by atoms with Crippen molar-refractivity contribution >= 4 is 11.9 Å². The van der Waals surface area contributed by atoms with Crippen LogP contribution in [-0.4, -0.2) is 18.5 Å². The number of ether oxygens (including phenoxy) is 2. The molecule has 0 saturated heterocycles. The summed E-state index contributed by atoms with van der Waals surface area (Å²) < 4.78 is 9.96. The summed E-state index contributed by atoms with van der Waals surface area (Å²) in [6, 6.07) is 9.15. The lowest BCUT2D eigenvalue weighted by atomic mass is 10.1. The summed E-state index contributed by atoms with van der Waals surface area (Å²) in [6.07, 6.45) is -0.537. The first-order valence-electron chi connectivity index (χ1n) is 5.51. The van der Waals surface area contributed by atoms with Gasteiger partial charge in [-0.15, -0.1) is 0 Å². The Bertz CT molecular complexity index is 372. The molecule has 0 fully saturated rings. The molecule has 1 atom stereocenters. The van der Waals surface area contributed by atoms with Gasteiger partial charge in [-0.2, -0.15) is 0 Å². The highest BCUT2D eigenvalue weighted by Crippen LogP contribution is 2.21. The summed E-state index contributed by atoms with van der Waals surface area (Å²) in [5, 5.41) is 0. The second-order valence-corrected chi connectivity index (χ2v) is 3.52. The van der Waals surface area contributed by atoms with Crippen molar-refractivity contribution in [2.75, 3.05) is 6.61 Å². The third-order valence-corrected chi connectivity index (χ3v) is 2.14. The molecule has 0 bridgehead atoms. The molecule has 0 unspecified atom stereocenters. The van der Waals surface area contributed by atoms with Gasteiger partial charge in [-0.05, 0) is 12.5 Å². The zero-order valence-corrected chi connectivity index (χ0v) is 10.0. The number of rotatable bonds is 5. The van der Waals surface area contributed by atoms with Gasteiger partial charge in [0.05, 0.1) is 13.0 Å². The van der Waals surface area contributed by atoms with E-state index in [1.54, 1.807) is 6.92 Å². The first-order chi connectivity index (χ1) is 8.13.